The van der Waals surface area contributed by atoms with Crippen molar-refractivity contribution in [2.24, 2.45) is 5.92 Å². The zero-order chi connectivity index (χ0) is 27.5. The second kappa shape index (κ2) is 14.4. The molecule has 0 saturated carbocycles. The van der Waals surface area contributed by atoms with Gasteiger partial charge in [-0.05, 0) is 23.5 Å². The second-order valence-electron chi connectivity index (χ2n) is 9.38. The zero-order valence-corrected chi connectivity index (χ0v) is 22.6. The van der Waals surface area contributed by atoms with E-state index in [-0.39, 0.29) is 25.0 Å². The van der Waals surface area contributed by atoms with E-state index in [9.17, 15) is 18.6 Å². The van der Waals surface area contributed by atoms with Crippen LogP contribution in [-0.4, -0.2) is 52.7 Å². The van der Waals surface area contributed by atoms with E-state index in [1.807, 2.05) is 74.5 Å². The molecule has 3 rings (SSSR count). The maximum Gasteiger partial charge on any atom is 0.407 e. The van der Waals surface area contributed by atoms with Crippen molar-refractivity contribution in [2.45, 2.75) is 56.7 Å². The lowest BCUT2D eigenvalue weighted by Gasteiger charge is -2.25. The Hall–Kier alpha value is -3.50. The molecule has 0 spiro atoms. The average molecular weight is 542 g/mol. The first-order valence-electron chi connectivity index (χ1n) is 12.5. The minimum absolute atomic E-state index is 0.155. The maximum atomic E-state index is 13.1. The lowest BCUT2D eigenvalue weighted by molar-refractivity contribution is -0.145. The van der Waals surface area contributed by atoms with Gasteiger partial charge >= 0.3 is 12.1 Å². The molecular formula is C28H35N3O6S. The number of carbonyl (C=O) groups is 3. The quantitative estimate of drug-likeness (QED) is 0.281. The maximum absolute atomic E-state index is 13.1. The third kappa shape index (κ3) is 8.81. The van der Waals surface area contributed by atoms with E-state index in [0.717, 1.165) is 11.1 Å². The Morgan fingerprint density at radius 3 is 2.21 bits per heavy atom. The van der Waals surface area contributed by atoms with Crippen LogP contribution in [0.15, 0.2) is 72.8 Å². The minimum atomic E-state index is -1.61. The summed E-state index contributed by atoms with van der Waals surface area (Å²) >= 11 is 0. The van der Waals surface area contributed by atoms with Crippen molar-refractivity contribution in [3.05, 3.63) is 83.9 Å². The highest BCUT2D eigenvalue weighted by atomic mass is 32.2. The van der Waals surface area contributed by atoms with Gasteiger partial charge in [-0.1, -0.05) is 86.7 Å². The highest BCUT2D eigenvalue weighted by Gasteiger charge is 2.32. The van der Waals surface area contributed by atoms with Crippen molar-refractivity contribution in [2.75, 3.05) is 7.11 Å². The monoisotopic (exact) mass is 541 g/mol. The Morgan fingerprint density at radius 1 is 0.974 bits per heavy atom. The summed E-state index contributed by atoms with van der Waals surface area (Å²) in [5, 5.41) is 5.10. The summed E-state index contributed by atoms with van der Waals surface area (Å²) in [6, 6.07) is 16.6. The number of alkyl carbamates (subject to hydrolysis) is 1. The van der Waals surface area contributed by atoms with Gasteiger partial charge in [0.25, 0.3) is 0 Å². The van der Waals surface area contributed by atoms with Crippen LogP contribution >= 0.6 is 0 Å². The van der Waals surface area contributed by atoms with Gasteiger partial charge in [-0.15, -0.1) is 0 Å². The van der Waals surface area contributed by atoms with Crippen LogP contribution in [0.2, 0.25) is 0 Å². The number of rotatable bonds is 12. The van der Waals surface area contributed by atoms with Crippen LogP contribution in [0.25, 0.3) is 0 Å². The van der Waals surface area contributed by atoms with E-state index in [0.29, 0.717) is 6.42 Å². The van der Waals surface area contributed by atoms with Gasteiger partial charge in [0.2, 0.25) is 5.91 Å². The van der Waals surface area contributed by atoms with Crippen LogP contribution < -0.4 is 15.4 Å². The molecule has 0 aromatic heterocycles. The fraction of sp³-hybridized carbons (Fsp3) is 0.393. The summed E-state index contributed by atoms with van der Waals surface area (Å²) in [4.78, 5) is 37.7. The van der Waals surface area contributed by atoms with E-state index >= 15 is 0 Å². The highest BCUT2D eigenvalue weighted by Crippen LogP contribution is 2.17. The van der Waals surface area contributed by atoms with Crippen molar-refractivity contribution in [3.8, 4) is 0 Å². The molecule has 0 heterocycles. The van der Waals surface area contributed by atoms with Crippen molar-refractivity contribution in [1.29, 1.82) is 0 Å². The summed E-state index contributed by atoms with van der Waals surface area (Å²) < 4.78 is 26.2. The predicted molar refractivity (Wildman–Crippen MR) is 145 cm³/mol. The van der Waals surface area contributed by atoms with Crippen molar-refractivity contribution < 1.29 is 28.1 Å². The molecule has 0 radical (unpaired) electrons. The van der Waals surface area contributed by atoms with Gasteiger partial charge in [0.15, 0.2) is 0 Å². The molecule has 10 heteroatoms. The smallest absolute Gasteiger partial charge is 0.407 e. The summed E-state index contributed by atoms with van der Waals surface area (Å²) in [5.41, 5.74) is 1.75. The van der Waals surface area contributed by atoms with E-state index in [1.165, 1.54) is 7.11 Å². The minimum Gasteiger partial charge on any atom is -0.467 e. The van der Waals surface area contributed by atoms with E-state index in [2.05, 4.69) is 15.4 Å². The fourth-order valence-corrected chi connectivity index (χ4v) is 5.42. The van der Waals surface area contributed by atoms with Crippen LogP contribution in [0.4, 0.5) is 4.79 Å². The zero-order valence-electron chi connectivity index (χ0n) is 21.8. The Kier molecular flexibility index (Phi) is 11.0. The van der Waals surface area contributed by atoms with Gasteiger partial charge in [-0.2, -0.15) is 0 Å². The Bertz CT molecular complexity index is 1130. The van der Waals surface area contributed by atoms with Crippen LogP contribution in [0, 0.1) is 5.92 Å². The lowest BCUT2D eigenvalue weighted by atomic mass is 10.0. The molecule has 2 aromatic rings. The van der Waals surface area contributed by atoms with Crippen LogP contribution in [0.1, 0.15) is 31.4 Å². The summed E-state index contributed by atoms with van der Waals surface area (Å²) in [6.45, 7) is 3.81. The Morgan fingerprint density at radius 2 is 1.61 bits per heavy atom. The number of esters is 1. The van der Waals surface area contributed by atoms with Gasteiger partial charge in [0.1, 0.15) is 18.7 Å². The molecule has 2 aromatic carbocycles. The molecule has 1 aliphatic rings. The number of methoxy groups -OCH3 is 1. The Balaban J connectivity index is 1.52. The number of benzene rings is 2. The second-order valence-corrected chi connectivity index (χ2v) is 10.8. The Labute approximate surface area is 226 Å². The number of nitrogens with one attached hydrogen (secondary N) is 3. The number of ether oxygens (including phenoxy) is 2. The predicted octanol–water partition coefficient (Wildman–Crippen LogP) is 2.79. The molecule has 9 nitrogen and oxygen atoms in total. The van der Waals surface area contributed by atoms with Crippen LogP contribution in [-0.2, 0) is 43.1 Å². The molecule has 5 atom stereocenters. The number of amides is 2. The van der Waals surface area contributed by atoms with Gasteiger partial charge in [0, 0.05) is 6.42 Å². The molecule has 0 bridgehead atoms. The third-order valence-electron chi connectivity index (χ3n) is 6.11. The molecule has 3 N–H and O–H groups in total. The standard InChI is InChI=1S/C28H35N3O6S/c1-19(2)25(26(32)30-24(27(33)36-3)16-20-10-6-4-7-11-20)31-38(35)23-15-14-22(17-23)29-28(34)37-18-21-12-8-5-9-13-21/h4-15,19,22-25,31H,16-18H2,1-3H3,(H,29,34)(H,30,32)/t22?,23?,24-,25-,38?/m0/s1. The number of hydrogen-bond donors (Lipinski definition) is 3. The topological polar surface area (TPSA) is 123 Å². The molecule has 38 heavy (non-hydrogen) atoms. The molecule has 0 saturated heterocycles. The first kappa shape index (κ1) is 29.1. The van der Waals surface area contributed by atoms with Crippen molar-refractivity contribution in [3.63, 3.8) is 0 Å². The molecule has 3 unspecified atom stereocenters. The number of carbonyl (C=O) groups excluding carboxylic acids is 3. The molecular weight excluding hydrogens is 506 g/mol. The average Bonchev–Trinajstić information content (AvgIpc) is 3.39. The van der Waals surface area contributed by atoms with E-state index in [4.69, 9.17) is 9.47 Å². The molecule has 0 aliphatic heterocycles. The van der Waals surface area contributed by atoms with Crippen LogP contribution in [0.5, 0.6) is 0 Å². The summed E-state index contributed by atoms with van der Waals surface area (Å²) in [7, 11) is -0.335. The molecule has 204 valence electrons. The molecule has 1 aliphatic carbocycles. The molecule has 2 amide bonds. The van der Waals surface area contributed by atoms with Gasteiger partial charge < -0.3 is 20.1 Å². The van der Waals surface area contributed by atoms with Gasteiger partial charge in [-0.25, -0.2) is 18.5 Å². The number of hydrogen-bond acceptors (Lipinski definition) is 6. The van der Waals surface area contributed by atoms with Crippen LogP contribution in [0.3, 0.4) is 0 Å². The first-order valence-corrected chi connectivity index (χ1v) is 13.7. The highest BCUT2D eigenvalue weighted by molar-refractivity contribution is 7.83. The summed E-state index contributed by atoms with van der Waals surface area (Å²) in [6.07, 6.45) is 3.63. The first-order chi connectivity index (χ1) is 18.3. The SMILES string of the molecule is COC(=O)[C@H](Cc1ccccc1)NC(=O)[C@@H](NS(=O)C1C=CC(NC(=O)OCc2ccccc2)C1)C(C)C. The molecule has 0 fully saturated rings. The van der Waals surface area contributed by atoms with Gasteiger partial charge in [0.05, 0.1) is 29.4 Å². The van der Waals surface area contributed by atoms with Gasteiger partial charge in [-0.3, -0.25) is 4.79 Å². The summed E-state index contributed by atoms with van der Waals surface area (Å²) in [5.74, 6) is -1.21. The lowest BCUT2D eigenvalue weighted by Crippen LogP contribution is -2.54. The van der Waals surface area contributed by atoms with E-state index in [1.54, 1.807) is 12.2 Å². The normalized spacial score (nSPS) is 18.8. The fourth-order valence-electron chi connectivity index (χ4n) is 4.00. The largest absolute Gasteiger partial charge is 0.467 e. The van der Waals surface area contributed by atoms with Crippen molar-refractivity contribution in [1.82, 2.24) is 15.4 Å². The van der Waals surface area contributed by atoms with E-state index < -0.39 is 46.3 Å². The third-order valence-corrected chi connectivity index (χ3v) is 7.50. The van der Waals surface area contributed by atoms with Crippen molar-refractivity contribution >= 4 is 29.0 Å².